The molecule has 1 aliphatic carbocycles. The fraction of sp³-hybridized carbons (Fsp3) is 0.917. The summed E-state index contributed by atoms with van der Waals surface area (Å²) in [6.45, 7) is 5.66. The molecule has 0 aliphatic heterocycles. The number of nitrogens with one attached hydrogen (secondary N) is 1. The monoisotopic (exact) mass is 398 g/mol. The summed E-state index contributed by atoms with van der Waals surface area (Å²) in [6, 6.07) is -0.635. The van der Waals surface area contributed by atoms with Gasteiger partial charge in [-0.2, -0.15) is 6.04 Å². The third-order valence-corrected chi connectivity index (χ3v) is 4.46. The second kappa shape index (κ2) is 9.67. The summed E-state index contributed by atoms with van der Waals surface area (Å²) in [5.74, 6) is 0.0726. The molecule has 0 aromatic heterocycles. The van der Waals surface area contributed by atoms with Gasteiger partial charge < -0.3 is 17.9 Å². The molecule has 0 bridgehead atoms. The van der Waals surface area contributed by atoms with Gasteiger partial charge in [0.2, 0.25) is 0 Å². The number of nitrogens with zero attached hydrogens (tertiary/aromatic N) is 1. The Morgan fingerprint density at radius 3 is 2.16 bits per heavy atom. The Bertz CT molecular complexity index is 331. The number of rotatable bonds is 3. The van der Waals surface area contributed by atoms with Crippen LogP contribution in [0.5, 0.6) is 0 Å². The third-order valence-electron chi connectivity index (χ3n) is 2.64. The van der Waals surface area contributed by atoms with Crippen molar-refractivity contribution in [1.82, 2.24) is 0 Å². The predicted octanol–water partition coefficient (Wildman–Crippen LogP) is 4.24. The summed E-state index contributed by atoms with van der Waals surface area (Å²) in [4.78, 5) is 0. The molecule has 1 rings (SSSR count). The molecule has 0 radical (unpaired) electrons. The van der Waals surface area contributed by atoms with E-state index >= 15 is 0 Å². The van der Waals surface area contributed by atoms with E-state index in [1.165, 1.54) is 0 Å². The van der Waals surface area contributed by atoms with Crippen molar-refractivity contribution in [1.29, 1.82) is 0 Å². The van der Waals surface area contributed by atoms with Crippen LogP contribution in [0.1, 0.15) is 46.5 Å². The minimum atomic E-state index is -3.37. The molecule has 1 N–H and O–H groups in total. The first-order valence-corrected chi connectivity index (χ1v) is 9.84. The number of sulfonamides is 1. The zero-order valence-corrected chi connectivity index (χ0v) is 15.4. The molecular formula is C12H25ClN2O2RuS. The van der Waals surface area contributed by atoms with Crippen LogP contribution in [0, 0.1) is 12.8 Å². The summed E-state index contributed by atoms with van der Waals surface area (Å²) < 4.78 is 27.5. The molecule has 2 unspecified atom stereocenters. The van der Waals surface area contributed by atoms with Crippen LogP contribution in [0.25, 0.3) is 10.5 Å². The molecule has 0 heterocycles. The first-order valence-electron chi connectivity index (χ1n) is 5.99. The number of halogens is 1. The van der Waals surface area contributed by atoms with Crippen LogP contribution in [0.15, 0.2) is 0 Å². The summed E-state index contributed by atoms with van der Waals surface area (Å²) in [5, 5.41) is 0. The maximum atomic E-state index is 11.8. The maximum absolute atomic E-state index is 11.8. The standard InChI is InChI=1S/C11H22N2O2S.CH3.ClH.Ru/c1-11(2,3)8-16(14,15)13-10-7-5-4-6-9(10)12;;;/h9-10,12H,4-8H2,1-3H3;1H3;1H;/q-2;-1;;+4/p-1. The van der Waals surface area contributed by atoms with Crippen molar-refractivity contribution < 1.29 is 25.7 Å². The third kappa shape index (κ3) is 10.2. The molecule has 1 saturated carbocycles. The average molecular weight is 398 g/mol. The summed E-state index contributed by atoms with van der Waals surface area (Å²) in [5.41, 5.74) is 7.51. The van der Waals surface area contributed by atoms with Crippen LogP contribution in [-0.4, -0.2) is 26.3 Å². The van der Waals surface area contributed by atoms with Gasteiger partial charge >= 0.3 is 27.0 Å². The molecule has 4 nitrogen and oxygen atoms in total. The molecule has 0 aromatic rings. The fourth-order valence-corrected chi connectivity index (χ4v) is 3.86. The van der Waals surface area contributed by atoms with Gasteiger partial charge in [-0.3, -0.25) is 0 Å². The Labute approximate surface area is 133 Å². The summed E-state index contributed by atoms with van der Waals surface area (Å²) in [7, 11) is 1.20. The summed E-state index contributed by atoms with van der Waals surface area (Å²) >= 11 is 1.82. The molecule has 0 saturated heterocycles. The van der Waals surface area contributed by atoms with Crippen molar-refractivity contribution in [3.8, 4) is 0 Å². The molecule has 2 atom stereocenters. The summed E-state index contributed by atoms with van der Waals surface area (Å²) in [6.07, 6.45) is 3.55. The average Bonchev–Trinajstić information content (AvgIpc) is 2.20. The second-order valence-electron chi connectivity index (χ2n) is 5.85. The van der Waals surface area contributed by atoms with E-state index in [2.05, 4.69) is 14.4 Å². The van der Waals surface area contributed by atoms with Gasteiger partial charge in [0, 0.05) is 5.75 Å². The Balaban J connectivity index is 0. The molecule has 0 spiro atoms. The van der Waals surface area contributed by atoms with Gasteiger partial charge in [-0.1, -0.05) is 46.5 Å². The Kier molecular flexibility index (Phi) is 11.2. The normalized spacial score (nSPS) is 23.8. The fourth-order valence-electron chi connectivity index (χ4n) is 2.03. The number of hydrogen-bond acceptors (Lipinski definition) is 2. The molecule has 0 aromatic carbocycles. The van der Waals surface area contributed by atoms with E-state index in [1.807, 2.05) is 38.1 Å². The Morgan fingerprint density at radius 2 is 1.74 bits per heavy atom. The van der Waals surface area contributed by atoms with Crippen molar-refractivity contribution in [3.63, 3.8) is 0 Å². The van der Waals surface area contributed by atoms with Crippen LogP contribution in [0.3, 0.4) is 0 Å². The van der Waals surface area contributed by atoms with Crippen molar-refractivity contribution >= 4 is 19.7 Å². The van der Waals surface area contributed by atoms with Crippen LogP contribution < -0.4 is 0 Å². The van der Waals surface area contributed by atoms with Crippen LogP contribution in [0.4, 0.5) is 0 Å². The Hall–Kier alpha value is 0.783. The van der Waals surface area contributed by atoms with E-state index < -0.39 is 10.0 Å². The molecule has 7 heteroatoms. The van der Waals surface area contributed by atoms with Gasteiger partial charge in [0.25, 0.3) is 0 Å². The Morgan fingerprint density at radius 1 is 1.26 bits per heavy atom. The van der Waals surface area contributed by atoms with Crippen molar-refractivity contribution in [2.75, 3.05) is 5.75 Å². The van der Waals surface area contributed by atoms with E-state index in [4.69, 9.17) is 5.73 Å². The molecule has 0 amide bonds. The quantitative estimate of drug-likeness (QED) is 0.527. The minimum absolute atomic E-state index is 0. The van der Waals surface area contributed by atoms with Crippen LogP contribution in [0.2, 0.25) is 0 Å². The van der Waals surface area contributed by atoms with Crippen molar-refractivity contribution in [2.45, 2.75) is 58.5 Å². The van der Waals surface area contributed by atoms with Gasteiger partial charge in [0.05, 0.1) is 10.0 Å². The van der Waals surface area contributed by atoms with E-state index in [0.717, 1.165) is 25.7 Å². The van der Waals surface area contributed by atoms with Crippen LogP contribution in [-0.2, 0) is 27.3 Å². The van der Waals surface area contributed by atoms with Crippen molar-refractivity contribution in [3.05, 3.63) is 17.9 Å². The molecular weight excluding hydrogens is 373 g/mol. The van der Waals surface area contributed by atoms with Gasteiger partial charge in [0.15, 0.2) is 0 Å². The first kappa shape index (κ1) is 22.1. The van der Waals surface area contributed by atoms with Crippen molar-refractivity contribution in [2.24, 2.45) is 5.41 Å². The van der Waals surface area contributed by atoms with E-state index in [1.54, 1.807) is 0 Å². The topological polar surface area (TPSA) is 72.0 Å². The first-order chi connectivity index (χ1) is 8.20. The van der Waals surface area contributed by atoms with E-state index in [0.29, 0.717) is 0 Å². The van der Waals surface area contributed by atoms with Crippen LogP contribution >= 0.6 is 9.69 Å². The zero-order valence-electron chi connectivity index (χ0n) is 12.1. The molecule has 1 aliphatic rings. The van der Waals surface area contributed by atoms with Gasteiger partial charge in [-0.05, 0) is 5.41 Å². The molecule has 1 fully saturated rings. The van der Waals surface area contributed by atoms with Gasteiger partial charge in [-0.25, -0.2) is 8.42 Å². The van der Waals surface area contributed by atoms with E-state index in [9.17, 15) is 8.42 Å². The zero-order chi connectivity index (χ0) is 14.4. The number of hydrogen-bond donors (Lipinski definition) is 0. The van der Waals surface area contributed by atoms with E-state index in [-0.39, 0.29) is 30.7 Å². The van der Waals surface area contributed by atoms with Gasteiger partial charge in [0.1, 0.15) is 0 Å². The van der Waals surface area contributed by atoms with Gasteiger partial charge in [-0.15, -0.1) is 6.04 Å². The second-order valence-corrected chi connectivity index (χ2v) is 7.51. The predicted molar refractivity (Wildman–Crippen MR) is 79.2 cm³/mol. The molecule has 19 heavy (non-hydrogen) atoms. The molecule has 116 valence electrons. The SMILES string of the molecule is CC(C)(C)CS(=O)(=O)[N-]C1CCCCC1[NH-].[CH3-].[Cl][Ru+3].